The van der Waals surface area contributed by atoms with Gasteiger partial charge in [-0.05, 0) is 24.3 Å². The predicted molar refractivity (Wildman–Crippen MR) is 84.4 cm³/mol. The zero-order valence-electron chi connectivity index (χ0n) is 11.9. The summed E-state index contributed by atoms with van der Waals surface area (Å²) in [5.41, 5.74) is 1.71. The van der Waals surface area contributed by atoms with Crippen LogP contribution in [0.25, 0.3) is 0 Å². The molecule has 0 aliphatic carbocycles. The van der Waals surface area contributed by atoms with Crippen molar-refractivity contribution in [1.29, 1.82) is 0 Å². The highest BCUT2D eigenvalue weighted by Crippen LogP contribution is 2.21. The van der Waals surface area contributed by atoms with E-state index in [-0.39, 0.29) is 24.3 Å². The van der Waals surface area contributed by atoms with Gasteiger partial charge in [-0.3, -0.25) is 9.59 Å². The van der Waals surface area contributed by atoms with Crippen LogP contribution in [0.5, 0.6) is 0 Å². The summed E-state index contributed by atoms with van der Waals surface area (Å²) < 4.78 is 0. The van der Waals surface area contributed by atoms with Crippen LogP contribution >= 0.6 is 11.6 Å². The number of imide groups is 1. The van der Waals surface area contributed by atoms with E-state index in [1.54, 1.807) is 12.1 Å². The van der Waals surface area contributed by atoms with Crippen LogP contribution in [0.3, 0.4) is 0 Å². The van der Waals surface area contributed by atoms with E-state index in [1.807, 2.05) is 47.8 Å². The lowest BCUT2D eigenvalue weighted by molar-refractivity contribution is -0.690. The van der Waals surface area contributed by atoms with E-state index in [0.29, 0.717) is 17.3 Å². The highest BCUT2D eigenvalue weighted by atomic mass is 35.5. The lowest BCUT2D eigenvalue weighted by atomic mass is 10.2. The van der Waals surface area contributed by atoms with Crippen molar-refractivity contribution in [3.05, 3.63) is 65.2 Å². The standard InChI is InChI=1S/C17H15ClN2O2/c18-13-8-6-12(7-9-13)11-19-15-10-16(21)20(17(15)22)14-4-2-1-3-5-14/h1-9,15,19H,10-11H2/p+1. The number of carbonyl (C=O) groups is 2. The molecular weight excluding hydrogens is 300 g/mol. The van der Waals surface area contributed by atoms with E-state index >= 15 is 0 Å². The maximum absolute atomic E-state index is 12.4. The average molecular weight is 316 g/mol. The largest absolute Gasteiger partial charge is 0.332 e. The molecule has 1 heterocycles. The molecule has 5 heteroatoms. The molecule has 1 atom stereocenters. The molecule has 2 aromatic rings. The topological polar surface area (TPSA) is 54.0 Å². The van der Waals surface area contributed by atoms with E-state index in [1.165, 1.54) is 4.90 Å². The Kier molecular flexibility index (Phi) is 4.22. The van der Waals surface area contributed by atoms with Gasteiger partial charge in [0, 0.05) is 10.6 Å². The van der Waals surface area contributed by atoms with Gasteiger partial charge in [0.05, 0.1) is 12.1 Å². The van der Waals surface area contributed by atoms with E-state index < -0.39 is 0 Å². The van der Waals surface area contributed by atoms with Crippen molar-refractivity contribution in [2.75, 3.05) is 4.90 Å². The summed E-state index contributed by atoms with van der Waals surface area (Å²) in [6.45, 7) is 0.642. The van der Waals surface area contributed by atoms with Crippen molar-refractivity contribution in [2.45, 2.75) is 19.0 Å². The highest BCUT2D eigenvalue weighted by molar-refractivity contribution is 6.30. The number of halogens is 1. The zero-order chi connectivity index (χ0) is 15.5. The molecule has 22 heavy (non-hydrogen) atoms. The van der Waals surface area contributed by atoms with E-state index in [9.17, 15) is 9.59 Å². The van der Waals surface area contributed by atoms with E-state index in [0.717, 1.165) is 5.56 Å². The van der Waals surface area contributed by atoms with E-state index in [4.69, 9.17) is 11.6 Å². The first-order chi connectivity index (χ1) is 10.6. The first-order valence-electron chi connectivity index (χ1n) is 7.15. The maximum Gasteiger partial charge on any atom is 0.292 e. The summed E-state index contributed by atoms with van der Waals surface area (Å²) >= 11 is 5.85. The molecule has 2 aromatic carbocycles. The quantitative estimate of drug-likeness (QED) is 0.874. The molecule has 2 amide bonds. The van der Waals surface area contributed by atoms with Crippen LogP contribution in [0.4, 0.5) is 5.69 Å². The zero-order valence-corrected chi connectivity index (χ0v) is 12.7. The Morgan fingerprint density at radius 3 is 2.41 bits per heavy atom. The molecular formula is C17H16ClN2O2+. The number of benzene rings is 2. The fraction of sp³-hybridized carbons (Fsp3) is 0.176. The minimum absolute atomic E-state index is 0.145. The Labute approximate surface area is 133 Å². The number of rotatable bonds is 4. The molecule has 1 aliphatic rings. The summed E-state index contributed by atoms with van der Waals surface area (Å²) in [6.07, 6.45) is 0.237. The first kappa shape index (κ1) is 14.8. The minimum atomic E-state index is -0.358. The van der Waals surface area contributed by atoms with Crippen LogP contribution in [0.2, 0.25) is 5.02 Å². The smallest absolute Gasteiger partial charge is 0.292 e. The van der Waals surface area contributed by atoms with Gasteiger partial charge in [0.25, 0.3) is 5.91 Å². The van der Waals surface area contributed by atoms with Gasteiger partial charge in [0.1, 0.15) is 6.54 Å². The third kappa shape index (κ3) is 3.03. The SMILES string of the molecule is O=C1CC([NH2+]Cc2ccc(Cl)cc2)C(=O)N1c1ccccc1. The lowest BCUT2D eigenvalue weighted by Crippen LogP contribution is -2.90. The fourth-order valence-electron chi connectivity index (χ4n) is 2.59. The Balaban J connectivity index is 1.68. The monoisotopic (exact) mass is 315 g/mol. The normalized spacial score (nSPS) is 18.0. The Morgan fingerprint density at radius 2 is 1.73 bits per heavy atom. The third-order valence-corrected chi connectivity index (χ3v) is 4.00. The second-order valence-electron chi connectivity index (χ2n) is 5.28. The van der Waals surface area contributed by atoms with Crippen molar-refractivity contribution in [3.8, 4) is 0 Å². The summed E-state index contributed by atoms with van der Waals surface area (Å²) in [5.74, 6) is -0.293. The predicted octanol–water partition coefficient (Wildman–Crippen LogP) is 1.74. The average Bonchev–Trinajstić information content (AvgIpc) is 2.82. The van der Waals surface area contributed by atoms with E-state index in [2.05, 4.69) is 0 Å². The first-order valence-corrected chi connectivity index (χ1v) is 7.52. The van der Waals surface area contributed by atoms with Crippen molar-refractivity contribution >= 4 is 29.1 Å². The second kappa shape index (κ2) is 6.30. The summed E-state index contributed by atoms with van der Waals surface area (Å²) in [6, 6.07) is 16.2. The number of nitrogens with two attached hydrogens (primary N) is 1. The lowest BCUT2D eigenvalue weighted by Gasteiger charge is -2.13. The summed E-state index contributed by atoms with van der Waals surface area (Å²) in [5, 5.41) is 2.60. The molecule has 0 saturated carbocycles. The third-order valence-electron chi connectivity index (χ3n) is 3.75. The molecule has 0 bridgehead atoms. The molecule has 2 N–H and O–H groups in total. The second-order valence-corrected chi connectivity index (χ2v) is 5.72. The fourth-order valence-corrected chi connectivity index (χ4v) is 2.71. The molecule has 112 valence electrons. The van der Waals surface area contributed by atoms with Gasteiger partial charge in [0.15, 0.2) is 6.04 Å². The number of nitrogens with zero attached hydrogens (tertiary/aromatic N) is 1. The van der Waals surface area contributed by atoms with Crippen molar-refractivity contribution < 1.29 is 14.9 Å². The van der Waals surface area contributed by atoms with Gasteiger partial charge in [-0.15, -0.1) is 0 Å². The minimum Gasteiger partial charge on any atom is -0.332 e. The number of anilines is 1. The van der Waals surface area contributed by atoms with Crippen LogP contribution < -0.4 is 10.2 Å². The van der Waals surface area contributed by atoms with Gasteiger partial charge in [-0.25, -0.2) is 4.90 Å². The molecule has 0 spiro atoms. The van der Waals surface area contributed by atoms with Crippen LogP contribution in [-0.4, -0.2) is 17.9 Å². The number of quaternary nitrogens is 1. The van der Waals surface area contributed by atoms with Crippen LogP contribution in [-0.2, 0) is 16.1 Å². The Morgan fingerprint density at radius 1 is 1.05 bits per heavy atom. The van der Waals surface area contributed by atoms with Crippen LogP contribution in [0.1, 0.15) is 12.0 Å². The highest BCUT2D eigenvalue weighted by Gasteiger charge is 2.41. The van der Waals surface area contributed by atoms with Gasteiger partial charge >= 0.3 is 0 Å². The number of hydrogen-bond acceptors (Lipinski definition) is 2. The molecule has 3 rings (SSSR count). The Bertz CT molecular complexity index is 686. The molecule has 1 unspecified atom stereocenters. The number of amides is 2. The molecule has 1 saturated heterocycles. The van der Waals surface area contributed by atoms with Gasteiger partial charge in [-0.2, -0.15) is 0 Å². The molecule has 4 nitrogen and oxygen atoms in total. The van der Waals surface area contributed by atoms with Gasteiger partial charge < -0.3 is 5.32 Å². The van der Waals surface area contributed by atoms with Crippen LogP contribution in [0, 0.1) is 0 Å². The van der Waals surface area contributed by atoms with Crippen molar-refractivity contribution in [2.24, 2.45) is 0 Å². The van der Waals surface area contributed by atoms with Crippen molar-refractivity contribution in [3.63, 3.8) is 0 Å². The Hall–Kier alpha value is -2.17. The summed E-state index contributed by atoms with van der Waals surface area (Å²) in [4.78, 5) is 25.8. The summed E-state index contributed by atoms with van der Waals surface area (Å²) in [7, 11) is 0. The van der Waals surface area contributed by atoms with Crippen molar-refractivity contribution in [1.82, 2.24) is 0 Å². The number of para-hydroxylation sites is 1. The molecule has 1 aliphatic heterocycles. The number of hydrogen-bond donors (Lipinski definition) is 1. The molecule has 1 fully saturated rings. The number of carbonyl (C=O) groups excluding carboxylic acids is 2. The maximum atomic E-state index is 12.4. The molecule has 0 aromatic heterocycles. The molecule has 0 radical (unpaired) electrons. The van der Waals surface area contributed by atoms with Crippen LogP contribution in [0.15, 0.2) is 54.6 Å². The van der Waals surface area contributed by atoms with Gasteiger partial charge in [0.2, 0.25) is 5.91 Å². The van der Waals surface area contributed by atoms with Gasteiger partial charge in [-0.1, -0.05) is 41.9 Å².